The fourth-order valence-electron chi connectivity index (χ4n) is 5.45. The van der Waals surface area contributed by atoms with E-state index in [9.17, 15) is 14.4 Å². The van der Waals surface area contributed by atoms with Crippen LogP contribution in [0.3, 0.4) is 0 Å². The summed E-state index contributed by atoms with van der Waals surface area (Å²) in [5.41, 5.74) is 2.79. The van der Waals surface area contributed by atoms with Gasteiger partial charge in [-0.05, 0) is 87.1 Å². The van der Waals surface area contributed by atoms with Gasteiger partial charge in [0.2, 0.25) is 5.91 Å². The van der Waals surface area contributed by atoms with E-state index in [1.54, 1.807) is 17.0 Å². The van der Waals surface area contributed by atoms with E-state index in [0.29, 0.717) is 30.6 Å². The van der Waals surface area contributed by atoms with Gasteiger partial charge in [-0.25, -0.2) is 0 Å². The molecule has 166 valence electrons. The number of rotatable bonds is 4. The fourth-order valence-corrected chi connectivity index (χ4v) is 5.45. The second-order valence-electron chi connectivity index (χ2n) is 9.95. The van der Waals surface area contributed by atoms with Gasteiger partial charge in [0.15, 0.2) is 0 Å². The summed E-state index contributed by atoms with van der Waals surface area (Å²) >= 11 is 0. The number of nitrogens with one attached hydrogen (secondary N) is 2. The summed E-state index contributed by atoms with van der Waals surface area (Å²) in [5.74, 6) is -0.241. The van der Waals surface area contributed by atoms with Crippen molar-refractivity contribution >= 4 is 29.1 Å². The van der Waals surface area contributed by atoms with Crippen LogP contribution >= 0.6 is 0 Å². The maximum absolute atomic E-state index is 12.7. The minimum absolute atomic E-state index is 0.0191. The second-order valence-corrected chi connectivity index (χ2v) is 9.95. The first-order valence-corrected chi connectivity index (χ1v) is 11.7. The van der Waals surface area contributed by atoms with Crippen LogP contribution in [0.2, 0.25) is 0 Å². The standard InChI is InChI=1S/C24H32N4O3/c1-27(19-6-7-19)15-17-14-24(17)9-11-28(12-10-24)23(31)22(30)25-18-5-8-20-16(13-18)3-2-4-21(29)26-20/h5,8,13,17,19H,2-4,6-7,9-12,14-15H2,1H3,(H,25,30)(H,26,29). The smallest absolute Gasteiger partial charge is 0.313 e. The molecule has 7 heteroatoms. The van der Waals surface area contributed by atoms with Crippen LogP contribution in [-0.2, 0) is 20.8 Å². The Balaban J connectivity index is 1.13. The van der Waals surface area contributed by atoms with E-state index in [1.807, 2.05) is 6.07 Å². The number of amides is 3. The highest BCUT2D eigenvalue weighted by Gasteiger charge is 2.55. The molecule has 2 N–H and O–H groups in total. The number of aryl methyl sites for hydroxylation is 1. The van der Waals surface area contributed by atoms with Gasteiger partial charge >= 0.3 is 11.8 Å². The van der Waals surface area contributed by atoms with Gasteiger partial charge in [0, 0.05) is 43.5 Å². The topological polar surface area (TPSA) is 81.8 Å². The van der Waals surface area contributed by atoms with Gasteiger partial charge in [0.25, 0.3) is 0 Å². The van der Waals surface area contributed by atoms with Gasteiger partial charge in [-0.3, -0.25) is 14.4 Å². The molecule has 0 bridgehead atoms. The van der Waals surface area contributed by atoms with E-state index in [4.69, 9.17) is 0 Å². The maximum Gasteiger partial charge on any atom is 0.313 e. The Bertz CT molecular complexity index is 902. The number of fused-ring (bicyclic) bond motifs is 1. The quantitative estimate of drug-likeness (QED) is 0.728. The first-order chi connectivity index (χ1) is 14.9. The van der Waals surface area contributed by atoms with Crippen molar-refractivity contribution in [3.8, 4) is 0 Å². The zero-order chi connectivity index (χ0) is 21.6. The minimum Gasteiger partial charge on any atom is -0.334 e. The number of carbonyl (C=O) groups excluding carboxylic acids is 3. The average molecular weight is 425 g/mol. The van der Waals surface area contributed by atoms with Gasteiger partial charge < -0.3 is 20.4 Å². The van der Waals surface area contributed by atoms with Crippen LogP contribution in [0.4, 0.5) is 11.4 Å². The molecule has 2 aliphatic heterocycles. The molecule has 3 amide bonds. The Labute approximate surface area is 183 Å². The monoisotopic (exact) mass is 424 g/mol. The SMILES string of the molecule is CN(CC1CC12CCN(C(=O)C(=O)Nc1ccc3c(c1)CCCC(=O)N3)CC2)C1CC1. The Hall–Kier alpha value is -2.41. The fraction of sp³-hybridized carbons (Fsp3) is 0.625. The summed E-state index contributed by atoms with van der Waals surface area (Å²) in [7, 11) is 2.24. The van der Waals surface area contributed by atoms with Gasteiger partial charge in [0.1, 0.15) is 0 Å². The molecule has 1 aromatic rings. The lowest BCUT2D eigenvalue weighted by molar-refractivity contribution is -0.144. The van der Waals surface area contributed by atoms with Crippen molar-refractivity contribution in [1.82, 2.24) is 9.80 Å². The molecule has 7 nitrogen and oxygen atoms in total. The number of hydrogen-bond donors (Lipinski definition) is 2. The molecule has 0 aromatic heterocycles. The number of benzene rings is 1. The summed E-state index contributed by atoms with van der Waals surface area (Å²) in [4.78, 5) is 41.2. The summed E-state index contributed by atoms with van der Waals surface area (Å²) in [6.07, 6.45) is 8.02. The zero-order valence-electron chi connectivity index (χ0n) is 18.3. The molecule has 3 fully saturated rings. The number of nitrogens with zero attached hydrogens (tertiary/aromatic N) is 2. The predicted molar refractivity (Wildman–Crippen MR) is 119 cm³/mol. The Morgan fingerprint density at radius 2 is 2.00 bits per heavy atom. The number of carbonyl (C=O) groups is 3. The number of anilines is 2. The highest BCUT2D eigenvalue weighted by Crippen LogP contribution is 2.59. The molecule has 1 atom stereocenters. The molecular weight excluding hydrogens is 392 g/mol. The maximum atomic E-state index is 12.7. The molecule has 31 heavy (non-hydrogen) atoms. The van der Waals surface area contributed by atoms with Crippen LogP contribution in [0.1, 0.15) is 50.5 Å². The van der Waals surface area contributed by atoms with E-state index < -0.39 is 11.8 Å². The van der Waals surface area contributed by atoms with Crippen LogP contribution in [0.25, 0.3) is 0 Å². The van der Waals surface area contributed by atoms with Crippen molar-refractivity contribution in [3.05, 3.63) is 23.8 Å². The lowest BCUT2D eigenvalue weighted by atomic mass is 9.90. The van der Waals surface area contributed by atoms with Crippen molar-refractivity contribution in [3.63, 3.8) is 0 Å². The van der Waals surface area contributed by atoms with Crippen LogP contribution in [0.15, 0.2) is 18.2 Å². The van der Waals surface area contributed by atoms with Crippen LogP contribution < -0.4 is 10.6 Å². The number of piperidine rings is 1. The first-order valence-electron chi connectivity index (χ1n) is 11.7. The highest BCUT2D eigenvalue weighted by molar-refractivity contribution is 6.39. The average Bonchev–Trinajstić information content (AvgIpc) is 3.66. The molecule has 4 aliphatic rings. The Morgan fingerprint density at radius 3 is 2.74 bits per heavy atom. The van der Waals surface area contributed by atoms with Crippen LogP contribution in [0, 0.1) is 11.3 Å². The molecule has 1 spiro atoms. The van der Waals surface area contributed by atoms with E-state index in [1.165, 1.54) is 25.8 Å². The van der Waals surface area contributed by atoms with Crippen LogP contribution in [-0.4, -0.2) is 60.2 Å². The largest absolute Gasteiger partial charge is 0.334 e. The van der Waals surface area contributed by atoms with E-state index >= 15 is 0 Å². The predicted octanol–water partition coefficient (Wildman–Crippen LogP) is 2.62. The van der Waals surface area contributed by atoms with E-state index in [-0.39, 0.29) is 5.91 Å². The normalized spacial score (nSPS) is 24.4. The highest BCUT2D eigenvalue weighted by atomic mass is 16.2. The van der Waals surface area contributed by atoms with Crippen molar-refractivity contribution in [2.75, 3.05) is 37.3 Å². The lowest BCUT2D eigenvalue weighted by Gasteiger charge is -2.33. The summed E-state index contributed by atoms with van der Waals surface area (Å²) < 4.78 is 0. The number of hydrogen-bond acceptors (Lipinski definition) is 4. The second kappa shape index (κ2) is 7.93. The van der Waals surface area contributed by atoms with Gasteiger partial charge in [-0.15, -0.1) is 0 Å². The number of likely N-dealkylation sites (tertiary alicyclic amines) is 1. The third kappa shape index (κ3) is 4.33. The molecule has 1 aromatic carbocycles. The molecular formula is C24H32N4O3. The van der Waals surface area contributed by atoms with Crippen molar-refractivity contribution in [1.29, 1.82) is 0 Å². The third-order valence-electron chi connectivity index (χ3n) is 7.77. The van der Waals surface area contributed by atoms with Crippen LogP contribution in [0.5, 0.6) is 0 Å². The van der Waals surface area contributed by atoms with Gasteiger partial charge in [0.05, 0.1) is 0 Å². The van der Waals surface area contributed by atoms with Crippen molar-refractivity contribution in [2.24, 2.45) is 11.3 Å². The summed E-state index contributed by atoms with van der Waals surface area (Å²) in [5, 5.41) is 5.65. The minimum atomic E-state index is -0.575. The molecule has 0 radical (unpaired) electrons. The Morgan fingerprint density at radius 1 is 1.23 bits per heavy atom. The lowest BCUT2D eigenvalue weighted by Crippen LogP contribution is -2.45. The first kappa shape index (κ1) is 20.5. The van der Waals surface area contributed by atoms with Crippen molar-refractivity contribution < 1.29 is 14.4 Å². The van der Waals surface area contributed by atoms with E-state index in [0.717, 1.165) is 48.9 Å². The molecule has 2 saturated carbocycles. The molecule has 5 rings (SSSR count). The van der Waals surface area contributed by atoms with Gasteiger partial charge in [-0.2, -0.15) is 0 Å². The van der Waals surface area contributed by atoms with E-state index in [2.05, 4.69) is 22.6 Å². The molecule has 1 saturated heterocycles. The molecule has 2 heterocycles. The van der Waals surface area contributed by atoms with Crippen molar-refractivity contribution in [2.45, 2.75) is 57.4 Å². The van der Waals surface area contributed by atoms with Gasteiger partial charge in [-0.1, -0.05) is 0 Å². The summed E-state index contributed by atoms with van der Waals surface area (Å²) in [6, 6.07) is 6.20. The molecule has 2 aliphatic carbocycles. The Kier molecular flexibility index (Phi) is 5.24. The zero-order valence-corrected chi connectivity index (χ0v) is 18.3. The molecule has 1 unspecified atom stereocenters. The summed E-state index contributed by atoms with van der Waals surface area (Å²) in [6.45, 7) is 2.52. The third-order valence-corrected chi connectivity index (χ3v) is 7.77.